The van der Waals surface area contributed by atoms with Gasteiger partial charge in [0.2, 0.25) is 0 Å². The van der Waals surface area contributed by atoms with Crippen molar-refractivity contribution >= 4 is 6.03 Å². The van der Waals surface area contributed by atoms with Crippen LogP contribution in [0.15, 0.2) is 0 Å². The number of amides is 2. The van der Waals surface area contributed by atoms with Crippen LogP contribution in [0.25, 0.3) is 0 Å². The molecule has 1 aliphatic rings. The summed E-state index contributed by atoms with van der Waals surface area (Å²) in [4.78, 5) is 12.6. The third-order valence-corrected chi connectivity index (χ3v) is 2.32. The molecule has 0 bridgehead atoms. The van der Waals surface area contributed by atoms with Gasteiger partial charge in [-0.15, -0.1) is 0 Å². The molecule has 88 valence electrons. The van der Waals surface area contributed by atoms with E-state index in [9.17, 15) is 18.0 Å². The molecule has 4 nitrogen and oxygen atoms in total. The molecular weight excluding hydrogens is 211 g/mol. The summed E-state index contributed by atoms with van der Waals surface area (Å²) in [6.07, 6.45) is -3.58. The van der Waals surface area contributed by atoms with E-state index in [2.05, 4.69) is 5.32 Å². The van der Waals surface area contributed by atoms with Gasteiger partial charge in [-0.05, 0) is 13.5 Å². The largest absolute Gasteiger partial charge is 0.405 e. The second kappa shape index (κ2) is 4.69. The monoisotopic (exact) mass is 225 g/mol. The SMILES string of the molecule is CNC1CCN(C(=O)NCC(F)(F)F)C1. The van der Waals surface area contributed by atoms with E-state index in [0.29, 0.717) is 13.1 Å². The highest BCUT2D eigenvalue weighted by Crippen LogP contribution is 2.13. The summed E-state index contributed by atoms with van der Waals surface area (Å²) >= 11 is 0. The number of hydrogen-bond acceptors (Lipinski definition) is 2. The van der Waals surface area contributed by atoms with Gasteiger partial charge in [-0.3, -0.25) is 0 Å². The maximum Gasteiger partial charge on any atom is 0.405 e. The fourth-order valence-electron chi connectivity index (χ4n) is 1.47. The molecule has 0 radical (unpaired) electrons. The lowest BCUT2D eigenvalue weighted by Crippen LogP contribution is -2.43. The summed E-state index contributed by atoms with van der Waals surface area (Å²) in [5.74, 6) is 0. The topological polar surface area (TPSA) is 44.4 Å². The van der Waals surface area contributed by atoms with Gasteiger partial charge in [-0.1, -0.05) is 0 Å². The van der Waals surface area contributed by atoms with E-state index in [1.54, 1.807) is 7.05 Å². The van der Waals surface area contributed by atoms with Crippen molar-refractivity contribution in [3.63, 3.8) is 0 Å². The van der Waals surface area contributed by atoms with Crippen molar-refractivity contribution in [1.29, 1.82) is 0 Å². The first-order valence-electron chi connectivity index (χ1n) is 4.69. The van der Waals surface area contributed by atoms with Crippen LogP contribution in [0.3, 0.4) is 0 Å². The van der Waals surface area contributed by atoms with Crippen molar-refractivity contribution in [2.75, 3.05) is 26.7 Å². The standard InChI is InChI=1S/C8H14F3N3O/c1-12-6-2-3-14(4-6)7(15)13-5-8(9,10)11/h6,12H,2-5H2,1H3,(H,13,15). The van der Waals surface area contributed by atoms with Crippen LogP contribution in [0.2, 0.25) is 0 Å². The molecule has 1 unspecified atom stereocenters. The maximum atomic E-state index is 11.8. The molecule has 1 rings (SSSR count). The Balaban J connectivity index is 2.30. The van der Waals surface area contributed by atoms with Crippen LogP contribution in [0.5, 0.6) is 0 Å². The number of likely N-dealkylation sites (tertiary alicyclic amines) is 1. The van der Waals surface area contributed by atoms with E-state index >= 15 is 0 Å². The van der Waals surface area contributed by atoms with Crippen molar-refractivity contribution < 1.29 is 18.0 Å². The summed E-state index contributed by atoms with van der Waals surface area (Å²) in [5.41, 5.74) is 0. The van der Waals surface area contributed by atoms with Crippen LogP contribution in [-0.2, 0) is 0 Å². The van der Waals surface area contributed by atoms with E-state index in [1.165, 1.54) is 4.90 Å². The molecule has 0 saturated carbocycles. The molecule has 15 heavy (non-hydrogen) atoms. The fraction of sp³-hybridized carbons (Fsp3) is 0.875. The van der Waals surface area contributed by atoms with Crippen LogP contribution in [0.4, 0.5) is 18.0 Å². The van der Waals surface area contributed by atoms with E-state index in [0.717, 1.165) is 6.42 Å². The lowest BCUT2D eigenvalue weighted by molar-refractivity contribution is -0.123. The summed E-state index contributed by atoms with van der Waals surface area (Å²) in [7, 11) is 1.77. The first kappa shape index (κ1) is 12.1. The van der Waals surface area contributed by atoms with Gasteiger partial charge in [-0.25, -0.2) is 4.79 Å². The molecule has 1 saturated heterocycles. The van der Waals surface area contributed by atoms with Gasteiger partial charge in [0.25, 0.3) is 0 Å². The normalized spacial score (nSPS) is 21.9. The molecule has 2 N–H and O–H groups in total. The van der Waals surface area contributed by atoms with Crippen LogP contribution in [-0.4, -0.2) is 49.8 Å². The van der Waals surface area contributed by atoms with Crippen LogP contribution < -0.4 is 10.6 Å². The summed E-state index contributed by atoms with van der Waals surface area (Å²) in [5, 5.41) is 4.82. The molecule has 1 heterocycles. The number of nitrogens with one attached hydrogen (secondary N) is 2. The van der Waals surface area contributed by atoms with Crippen molar-refractivity contribution in [3.05, 3.63) is 0 Å². The van der Waals surface area contributed by atoms with Gasteiger partial charge < -0.3 is 15.5 Å². The summed E-state index contributed by atoms with van der Waals surface area (Å²) < 4.78 is 35.4. The molecule has 1 aliphatic heterocycles. The van der Waals surface area contributed by atoms with Crippen molar-refractivity contribution in [1.82, 2.24) is 15.5 Å². The Hall–Kier alpha value is -0.980. The zero-order chi connectivity index (χ0) is 11.5. The zero-order valence-corrected chi connectivity index (χ0v) is 8.40. The minimum atomic E-state index is -4.35. The Morgan fingerprint density at radius 3 is 2.67 bits per heavy atom. The molecule has 0 aromatic rings. The fourth-order valence-corrected chi connectivity index (χ4v) is 1.47. The Labute approximate surface area is 85.8 Å². The number of carbonyl (C=O) groups excluding carboxylic acids is 1. The lowest BCUT2D eigenvalue weighted by Gasteiger charge is -2.17. The van der Waals surface area contributed by atoms with E-state index < -0.39 is 18.8 Å². The maximum absolute atomic E-state index is 11.8. The molecule has 7 heteroatoms. The van der Waals surface area contributed by atoms with Crippen LogP contribution >= 0.6 is 0 Å². The summed E-state index contributed by atoms with van der Waals surface area (Å²) in [6.45, 7) is -0.318. The highest BCUT2D eigenvalue weighted by Gasteiger charge is 2.30. The second-order valence-electron chi connectivity index (χ2n) is 3.49. The number of carbonyl (C=O) groups is 1. The highest BCUT2D eigenvalue weighted by molar-refractivity contribution is 5.74. The Morgan fingerprint density at radius 2 is 2.20 bits per heavy atom. The molecule has 2 amide bonds. The average molecular weight is 225 g/mol. The smallest absolute Gasteiger partial charge is 0.329 e. The zero-order valence-electron chi connectivity index (χ0n) is 8.40. The molecule has 1 fully saturated rings. The molecule has 0 aromatic carbocycles. The Bertz CT molecular complexity index is 232. The van der Waals surface area contributed by atoms with Crippen molar-refractivity contribution in [2.24, 2.45) is 0 Å². The summed E-state index contributed by atoms with van der Waals surface area (Å²) in [6, 6.07) is -0.466. The van der Waals surface area contributed by atoms with E-state index in [4.69, 9.17) is 0 Å². The molecule has 0 aromatic heterocycles. The third kappa shape index (κ3) is 3.94. The number of urea groups is 1. The van der Waals surface area contributed by atoms with Crippen LogP contribution in [0.1, 0.15) is 6.42 Å². The minimum absolute atomic E-state index is 0.182. The molecular formula is C8H14F3N3O. The van der Waals surface area contributed by atoms with E-state index in [-0.39, 0.29) is 6.04 Å². The second-order valence-corrected chi connectivity index (χ2v) is 3.49. The number of rotatable bonds is 2. The number of halogens is 3. The third-order valence-electron chi connectivity index (χ3n) is 2.32. The van der Waals surface area contributed by atoms with Gasteiger partial charge >= 0.3 is 12.2 Å². The molecule has 0 spiro atoms. The van der Waals surface area contributed by atoms with Gasteiger partial charge in [-0.2, -0.15) is 13.2 Å². The first-order chi connectivity index (χ1) is 6.92. The average Bonchev–Trinajstić information content (AvgIpc) is 2.61. The molecule has 1 atom stereocenters. The molecule has 0 aliphatic carbocycles. The predicted molar refractivity (Wildman–Crippen MR) is 48.5 cm³/mol. The van der Waals surface area contributed by atoms with Crippen molar-refractivity contribution in [3.8, 4) is 0 Å². The number of hydrogen-bond donors (Lipinski definition) is 2. The first-order valence-corrected chi connectivity index (χ1v) is 4.69. The minimum Gasteiger partial charge on any atom is -0.329 e. The van der Waals surface area contributed by atoms with E-state index in [1.807, 2.05) is 5.32 Å². The Morgan fingerprint density at radius 1 is 1.53 bits per heavy atom. The van der Waals surface area contributed by atoms with Gasteiger partial charge in [0.1, 0.15) is 6.54 Å². The Kier molecular flexibility index (Phi) is 3.78. The van der Waals surface area contributed by atoms with Gasteiger partial charge in [0.05, 0.1) is 0 Å². The van der Waals surface area contributed by atoms with Crippen molar-refractivity contribution in [2.45, 2.75) is 18.6 Å². The lowest BCUT2D eigenvalue weighted by atomic mass is 10.3. The van der Waals surface area contributed by atoms with Gasteiger partial charge in [0.15, 0.2) is 0 Å². The predicted octanol–water partition coefficient (Wildman–Crippen LogP) is 0.552. The quantitative estimate of drug-likeness (QED) is 0.721. The number of nitrogens with zero attached hydrogens (tertiary/aromatic N) is 1. The number of alkyl halides is 3. The van der Waals surface area contributed by atoms with Crippen LogP contribution in [0, 0.1) is 0 Å². The number of likely N-dealkylation sites (N-methyl/N-ethyl adjacent to an activating group) is 1. The van der Waals surface area contributed by atoms with Gasteiger partial charge in [0, 0.05) is 19.1 Å². The highest BCUT2D eigenvalue weighted by atomic mass is 19.4.